The van der Waals surface area contributed by atoms with Crippen LogP contribution in [0.4, 0.5) is 0 Å². The number of fused-ring (bicyclic) bond motifs is 1. The van der Waals surface area contributed by atoms with Crippen molar-refractivity contribution < 1.29 is 18.7 Å². The molecule has 1 aliphatic heterocycles. The smallest absolute Gasteiger partial charge is 0.280 e. The molecule has 2 aromatic heterocycles. The first-order valence-electron chi connectivity index (χ1n) is 10.1. The van der Waals surface area contributed by atoms with E-state index in [9.17, 15) is 0 Å². The van der Waals surface area contributed by atoms with Gasteiger partial charge in [0, 0.05) is 10.6 Å². The molecule has 0 saturated carbocycles. The predicted octanol–water partition coefficient (Wildman–Crippen LogP) is 4.33. The Morgan fingerprint density at radius 1 is 1.16 bits per heavy atom. The molecule has 2 aromatic carbocycles. The highest BCUT2D eigenvalue weighted by atomic mass is 35.5. The molecule has 0 saturated heterocycles. The van der Waals surface area contributed by atoms with Gasteiger partial charge in [0.2, 0.25) is 5.82 Å². The maximum Gasteiger partial charge on any atom is 0.280 e. The van der Waals surface area contributed by atoms with Crippen molar-refractivity contribution in [2.45, 2.75) is 26.2 Å². The van der Waals surface area contributed by atoms with Crippen LogP contribution in [0.15, 0.2) is 47.0 Å². The third-order valence-corrected chi connectivity index (χ3v) is 5.44. The summed E-state index contributed by atoms with van der Waals surface area (Å²) >= 11 is 5.98. The van der Waals surface area contributed by atoms with E-state index in [0.717, 1.165) is 16.8 Å². The molecule has 0 N–H and O–H groups in total. The molecular weight excluding hydrogens is 434 g/mol. The molecule has 1 aliphatic rings. The van der Waals surface area contributed by atoms with Crippen LogP contribution in [-0.4, -0.2) is 38.9 Å². The summed E-state index contributed by atoms with van der Waals surface area (Å²) < 4.78 is 24.3. The van der Waals surface area contributed by atoms with Gasteiger partial charge in [0.15, 0.2) is 17.2 Å². The average Bonchev–Trinajstić information content (AvgIpc) is 3.46. The highest BCUT2D eigenvalue weighted by molar-refractivity contribution is 6.30. The summed E-state index contributed by atoms with van der Waals surface area (Å²) in [5.74, 6) is 1.95. The number of nitrogens with zero attached hydrogens (tertiary/aromatic N) is 5. The summed E-state index contributed by atoms with van der Waals surface area (Å²) in [5, 5.41) is 13.3. The van der Waals surface area contributed by atoms with Crippen molar-refractivity contribution in [2.75, 3.05) is 13.7 Å². The molecule has 0 unspecified atom stereocenters. The van der Waals surface area contributed by atoms with Gasteiger partial charge in [-0.25, -0.2) is 4.68 Å². The second kappa shape index (κ2) is 8.60. The van der Waals surface area contributed by atoms with Gasteiger partial charge in [-0.3, -0.25) is 0 Å². The summed E-state index contributed by atoms with van der Waals surface area (Å²) in [6.07, 6.45) is -0.135. The zero-order chi connectivity index (χ0) is 22.1. The van der Waals surface area contributed by atoms with Gasteiger partial charge in [-0.1, -0.05) is 34.1 Å². The van der Waals surface area contributed by atoms with E-state index < -0.39 is 0 Å². The largest absolute Gasteiger partial charge is 0.493 e. The Bertz CT molecular complexity index is 1240. The number of ether oxygens (including phenoxy) is 3. The fourth-order valence-corrected chi connectivity index (χ4v) is 3.70. The van der Waals surface area contributed by atoms with E-state index in [2.05, 4.69) is 20.5 Å². The van der Waals surface area contributed by atoms with Gasteiger partial charge < -0.3 is 18.7 Å². The number of rotatable bonds is 6. The van der Waals surface area contributed by atoms with Crippen molar-refractivity contribution in [1.29, 1.82) is 0 Å². The van der Waals surface area contributed by atoms with Crippen LogP contribution in [-0.2, 0) is 17.9 Å². The monoisotopic (exact) mass is 453 g/mol. The molecule has 164 valence electrons. The van der Waals surface area contributed by atoms with E-state index in [1.807, 2.05) is 48.0 Å². The number of hydrogen-bond donors (Lipinski definition) is 0. The predicted molar refractivity (Wildman–Crippen MR) is 115 cm³/mol. The maximum absolute atomic E-state index is 6.05. The Hall–Kier alpha value is -3.43. The van der Waals surface area contributed by atoms with Gasteiger partial charge in [-0.15, -0.1) is 5.10 Å². The van der Waals surface area contributed by atoms with Gasteiger partial charge >= 0.3 is 0 Å². The van der Waals surface area contributed by atoms with Gasteiger partial charge in [-0.2, -0.15) is 4.98 Å². The van der Waals surface area contributed by atoms with Crippen LogP contribution >= 0.6 is 11.6 Å². The summed E-state index contributed by atoms with van der Waals surface area (Å²) in [6.45, 7) is 3.28. The minimum atomic E-state index is -0.135. The lowest BCUT2D eigenvalue weighted by Gasteiger charge is -2.24. The van der Waals surface area contributed by atoms with Crippen LogP contribution in [0, 0.1) is 0 Å². The lowest BCUT2D eigenvalue weighted by molar-refractivity contribution is -0.00117. The average molecular weight is 454 g/mol. The fourth-order valence-electron chi connectivity index (χ4n) is 3.58. The van der Waals surface area contributed by atoms with E-state index in [-0.39, 0.29) is 12.0 Å². The van der Waals surface area contributed by atoms with Crippen molar-refractivity contribution in [1.82, 2.24) is 25.1 Å². The number of halogens is 1. The maximum atomic E-state index is 6.05. The highest BCUT2D eigenvalue weighted by Gasteiger charge is 2.28. The standard InChI is InChI=1S/C22H20ClN5O4/c1-3-30-18-10-14(6-9-17(18)29-2)21-24-22(32-26-21)20-16-12-31-19(11-28(16)27-25-20)13-4-7-15(23)8-5-13/h4-10,19H,3,11-12H2,1-2H3/t19-/m1/s1. The molecule has 0 aliphatic carbocycles. The van der Waals surface area contributed by atoms with E-state index >= 15 is 0 Å². The minimum Gasteiger partial charge on any atom is -0.493 e. The van der Waals surface area contributed by atoms with Crippen molar-refractivity contribution in [3.63, 3.8) is 0 Å². The van der Waals surface area contributed by atoms with Gasteiger partial charge in [0.1, 0.15) is 6.10 Å². The summed E-state index contributed by atoms with van der Waals surface area (Å²) in [7, 11) is 1.60. The number of hydrogen-bond acceptors (Lipinski definition) is 8. The molecule has 0 fully saturated rings. The Labute approximate surface area is 188 Å². The Morgan fingerprint density at radius 2 is 2.00 bits per heavy atom. The minimum absolute atomic E-state index is 0.135. The zero-order valence-electron chi connectivity index (χ0n) is 17.5. The van der Waals surface area contributed by atoms with E-state index in [1.165, 1.54) is 0 Å². The topological polar surface area (TPSA) is 97.3 Å². The third kappa shape index (κ3) is 3.80. The second-order valence-electron chi connectivity index (χ2n) is 7.14. The molecule has 9 nitrogen and oxygen atoms in total. The van der Waals surface area contributed by atoms with E-state index in [1.54, 1.807) is 13.2 Å². The van der Waals surface area contributed by atoms with E-state index in [4.69, 9.17) is 30.3 Å². The summed E-state index contributed by atoms with van der Waals surface area (Å²) in [5.41, 5.74) is 3.07. The zero-order valence-corrected chi connectivity index (χ0v) is 18.2. The number of aromatic nitrogens is 5. The molecule has 0 bridgehead atoms. The highest BCUT2D eigenvalue weighted by Crippen LogP contribution is 2.34. The fraction of sp³-hybridized carbons (Fsp3) is 0.273. The van der Waals surface area contributed by atoms with Crippen LogP contribution in [0.1, 0.15) is 24.3 Å². The summed E-state index contributed by atoms with van der Waals surface area (Å²) in [4.78, 5) is 4.51. The Morgan fingerprint density at radius 3 is 2.78 bits per heavy atom. The van der Waals surface area contributed by atoms with E-state index in [0.29, 0.717) is 47.8 Å². The lowest BCUT2D eigenvalue weighted by Crippen LogP contribution is -2.22. The molecule has 4 aromatic rings. The van der Waals surface area contributed by atoms with Crippen LogP contribution in [0.5, 0.6) is 11.5 Å². The van der Waals surface area contributed by atoms with Crippen molar-refractivity contribution in [3.05, 3.63) is 58.7 Å². The first-order valence-corrected chi connectivity index (χ1v) is 10.5. The quantitative estimate of drug-likeness (QED) is 0.425. The Kier molecular flexibility index (Phi) is 5.50. The van der Waals surface area contributed by atoms with Crippen LogP contribution in [0.25, 0.3) is 23.0 Å². The van der Waals surface area contributed by atoms with Crippen LogP contribution in [0.2, 0.25) is 5.02 Å². The first-order chi connectivity index (χ1) is 15.7. The molecule has 5 rings (SSSR count). The van der Waals surface area contributed by atoms with Gasteiger partial charge in [0.25, 0.3) is 5.89 Å². The van der Waals surface area contributed by atoms with Crippen molar-refractivity contribution in [3.8, 4) is 34.5 Å². The molecule has 32 heavy (non-hydrogen) atoms. The first kappa shape index (κ1) is 20.5. The van der Waals surface area contributed by atoms with Gasteiger partial charge in [0.05, 0.1) is 32.6 Å². The molecule has 0 amide bonds. The molecule has 3 heterocycles. The number of methoxy groups -OCH3 is 1. The van der Waals surface area contributed by atoms with Crippen LogP contribution in [0.3, 0.4) is 0 Å². The normalized spacial score (nSPS) is 15.4. The second-order valence-corrected chi connectivity index (χ2v) is 7.58. The van der Waals surface area contributed by atoms with Crippen molar-refractivity contribution >= 4 is 11.6 Å². The molecular formula is C22H20ClN5O4. The third-order valence-electron chi connectivity index (χ3n) is 5.19. The molecule has 0 radical (unpaired) electrons. The van der Waals surface area contributed by atoms with Crippen LogP contribution < -0.4 is 9.47 Å². The number of benzene rings is 2. The van der Waals surface area contributed by atoms with Crippen molar-refractivity contribution in [2.24, 2.45) is 0 Å². The molecule has 10 heteroatoms. The lowest BCUT2D eigenvalue weighted by atomic mass is 10.1. The molecule has 0 spiro atoms. The Balaban J connectivity index is 1.39. The SMILES string of the molecule is CCOc1cc(-c2noc(-c3nnn4c3CO[C@@H](c3ccc(Cl)cc3)C4)n2)ccc1OC. The van der Waals surface area contributed by atoms with Gasteiger partial charge in [-0.05, 0) is 42.8 Å². The summed E-state index contributed by atoms with van der Waals surface area (Å²) in [6, 6.07) is 13.1. The molecule has 1 atom stereocenters.